The van der Waals surface area contributed by atoms with Crippen LogP contribution in [-0.4, -0.2) is 59.1 Å². The van der Waals surface area contributed by atoms with Crippen LogP contribution in [0.15, 0.2) is 41.7 Å². The van der Waals surface area contributed by atoms with Crippen LogP contribution in [0.3, 0.4) is 0 Å². The summed E-state index contributed by atoms with van der Waals surface area (Å²) in [6, 6.07) is 7.82. The molecule has 1 aliphatic heterocycles. The van der Waals surface area contributed by atoms with Crippen LogP contribution in [0, 0.1) is 5.92 Å². The van der Waals surface area contributed by atoms with E-state index in [0.717, 1.165) is 36.2 Å². The first-order valence-corrected chi connectivity index (χ1v) is 10.7. The quantitative estimate of drug-likeness (QED) is 0.563. The standard InChI is InChI=1S/C22H29N7O2/c1-23-22(28-9-10-29(20(30)15-28)19-13-25-27(2)14-19)24-12-16-5-3-8-18(11-16)26-21(31)17-6-4-7-17/h3,5,8,11,13-14,17H,4,6-7,9-10,12,15H2,1-2H3,(H,23,24)(H,26,31). The van der Waals surface area contributed by atoms with Crippen LogP contribution in [0.25, 0.3) is 0 Å². The first kappa shape index (κ1) is 20.9. The molecule has 4 rings (SSSR count). The number of rotatable bonds is 5. The zero-order valence-electron chi connectivity index (χ0n) is 18.0. The summed E-state index contributed by atoms with van der Waals surface area (Å²) in [6.07, 6.45) is 6.65. The number of piperazine rings is 1. The second-order valence-corrected chi connectivity index (χ2v) is 8.06. The maximum absolute atomic E-state index is 12.7. The molecule has 2 heterocycles. The summed E-state index contributed by atoms with van der Waals surface area (Å²) in [7, 11) is 3.55. The molecule has 0 radical (unpaired) electrons. The summed E-state index contributed by atoms with van der Waals surface area (Å²) in [5.41, 5.74) is 2.66. The van der Waals surface area contributed by atoms with E-state index in [1.807, 2.05) is 42.4 Å². The van der Waals surface area contributed by atoms with E-state index in [-0.39, 0.29) is 24.3 Å². The summed E-state index contributed by atoms with van der Waals surface area (Å²) in [6.45, 7) is 2.06. The molecule has 0 unspecified atom stereocenters. The Balaban J connectivity index is 1.32. The highest BCUT2D eigenvalue weighted by Gasteiger charge is 2.28. The van der Waals surface area contributed by atoms with Crippen LogP contribution in [0.5, 0.6) is 0 Å². The lowest BCUT2D eigenvalue weighted by molar-refractivity contribution is -0.122. The third kappa shape index (κ3) is 4.87. The average molecular weight is 424 g/mol. The predicted molar refractivity (Wildman–Crippen MR) is 120 cm³/mol. The molecule has 164 valence electrons. The van der Waals surface area contributed by atoms with Crippen LogP contribution < -0.4 is 15.5 Å². The van der Waals surface area contributed by atoms with Gasteiger partial charge in [-0.05, 0) is 30.5 Å². The molecule has 1 saturated carbocycles. The van der Waals surface area contributed by atoms with Gasteiger partial charge in [-0.1, -0.05) is 18.6 Å². The fourth-order valence-corrected chi connectivity index (χ4v) is 3.86. The van der Waals surface area contributed by atoms with Crippen molar-refractivity contribution >= 4 is 29.1 Å². The molecule has 2 N–H and O–H groups in total. The molecule has 0 bridgehead atoms. The molecule has 9 heteroatoms. The van der Waals surface area contributed by atoms with E-state index in [0.29, 0.717) is 25.6 Å². The molecule has 1 saturated heterocycles. The molecular weight excluding hydrogens is 394 g/mol. The monoisotopic (exact) mass is 423 g/mol. The number of nitrogens with zero attached hydrogens (tertiary/aromatic N) is 5. The average Bonchev–Trinajstić information content (AvgIpc) is 3.13. The Bertz CT molecular complexity index is 980. The maximum atomic E-state index is 12.7. The van der Waals surface area contributed by atoms with Crippen molar-refractivity contribution < 1.29 is 9.59 Å². The van der Waals surface area contributed by atoms with Gasteiger partial charge in [-0.2, -0.15) is 5.10 Å². The Hall–Kier alpha value is -3.36. The Morgan fingerprint density at radius 3 is 2.77 bits per heavy atom. The molecule has 1 aliphatic carbocycles. The molecule has 0 spiro atoms. The van der Waals surface area contributed by atoms with E-state index in [1.165, 1.54) is 0 Å². The van der Waals surface area contributed by atoms with E-state index in [1.54, 1.807) is 22.8 Å². The number of benzene rings is 1. The highest BCUT2D eigenvalue weighted by molar-refractivity contribution is 5.98. The minimum Gasteiger partial charge on any atom is -0.352 e. The number of hydrogen-bond acceptors (Lipinski definition) is 4. The van der Waals surface area contributed by atoms with Crippen molar-refractivity contribution in [2.45, 2.75) is 25.8 Å². The van der Waals surface area contributed by atoms with Crippen molar-refractivity contribution in [2.75, 3.05) is 36.9 Å². The SMILES string of the molecule is CN=C(NCc1cccc(NC(=O)C2CCC2)c1)N1CCN(c2cnn(C)c2)C(=O)C1. The van der Waals surface area contributed by atoms with E-state index in [2.05, 4.69) is 20.7 Å². The number of nitrogens with one attached hydrogen (secondary N) is 2. The molecule has 1 aromatic heterocycles. The van der Waals surface area contributed by atoms with Gasteiger partial charge in [0.15, 0.2) is 5.96 Å². The summed E-state index contributed by atoms with van der Waals surface area (Å²) in [4.78, 5) is 32.9. The minimum atomic E-state index is 0.0166. The lowest BCUT2D eigenvalue weighted by Crippen LogP contribution is -2.55. The normalized spacial score (nSPS) is 17.5. The molecular formula is C22H29N7O2. The van der Waals surface area contributed by atoms with Crippen molar-refractivity contribution in [3.63, 3.8) is 0 Å². The third-order valence-corrected chi connectivity index (χ3v) is 5.86. The Morgan fingerprint density at radius 1 is 1.29 bits per heavy atom. The van der Waals surface area contributed by atoms with Gasteiger partial charge < -0.3 is 20.4 Å². The summed E-state index contributed by atoms with van der Waals surface area (Å²) in [5, 5.41) is 10.5. The van der Waals surface area contributed by atoms with Crippen LogP contribution in [0.2, 0.25) is 0 Å². The third-order valence-electron chi connectivity index (χ3n) is 5.86. The zero-order chi connectivity index (χ0) is 21.8. The van der Waals surface area contributed by atoms with Gasteiger partial charge in [-0.25, -0.2) is 0 Å². The number of carbonyl (C=O) groups excluding carboxylic acids is 2. The number of carbonyl (C=O) groups is 2. The Labute approximate surface area is 182 Å². The number of amides is 2. The minimum absolute atomic E-state index is 0.0166. The summed E-state index contributed by atoms with van der Waals surface area (Å²) >= 11 is 0. The van der Waals surface area contributed by atoms with Gasteiger partial charge in [0.25, 0.3) is 0 Å². The van der Waals surface area contributed by atoms with E-state index >= 15 is 0 Å². The van der Waals surface area contributed by atoms with Crippen LogP contribution in [0.4, 0.5) is 11.4 Å². The number of aromatic nitrogens is 2. The molecule has 2 aromatic rings. The van der Waals surface area contributed by atoms with Crippen molar-refractivity contribution in [1.82, 2.24) is 20.0 Å². The van der Waals surface area contributed by atoms with Crippen LogP contribution >= 0.6 is 0 Å². The highest BCUT2D eigenvalue weighted by atomic mass is 16.2. The van der Waals surface area contributed by atoms with Gasteiger partial charge in [0, 0.05) is 51.5 Å². The number of aliphatic imine (C=N–C) groups is 1. The van der Waals surface area contributed by atoms with Gasteiger partial charge in [0.1, 0.15) is 6.54 Å². The molecule has 2 fully saturated rings. The van der Waals surface area contributed by atoms with Gasteiger partial charge in [0.2, 0.25) is 11.8 Å². The predicted octanol–water partition coefficient (Wildman–Crippen LogP) is 1.58. The Morgan fingerprint density at radius 2 is 2.13 bits per heavy atom. The number of guanidine groups is 1. The topological polar surface area (TPSA) is 94.9 Å². The first-order chi connectivity index (χ1) is 15.0. The fraction of sp³-hybridized carbons (Fsp3) is 0.455. The van der Waals surface area contributed by atoms with Crippen molar-refractivity contribution in [3.8, 4) is 0 Å². The number of hydrogen-bond donors (Lipinski definition) is 2. The van der Waals surface area contributed by atoms with E-state index < -0.39 is 0 Å². The van der Waals surface area contributed by atoms with Gasteiger partial charge in [-0.3, -0.25) is 19.3 Å². The number of aryl methyl sites for hydroxylation is 1. The van der Waals surface area contributed by atoms with Gasteiger partial charge >= 0.3 is 0 Å². The van der Waals surface area contributed by atoms with Gasteiger partial charge in [0.05, 0.1) is 11.9 Å². The second kappa shape index (κ2) is 9.20. The number of anilines is 2. The van der Waals surface area contributed by atoms with Crippen molar-refractivity contribution in [3.05, 3.63) is 42.2 Å². The lowest BCUT2D eigenvalue weighted by Gasteiger charge is -2.35. The van der Waals surface area contributed by atoms with E-state index in [4.69, 9.17) is 0 Å². The zero-order valence-corrected chi connectivity index (χ0v) is 18.0. The molecule has 1 aromatic carbocycles. The summed E-state index contributed by atoms with van der Waals surface area (Å²) in [5.74, 6) is 0.964. The maximum Gasteiger partial charge on any atom is 0.246 e. The molecule has 2 amide bonds. The molecule has 9 nitrogen and oxygen atoms in total. The van der Waals surface area contributed by atoms with Crippen molar-refractivity contribution in [1.29, 1.82) is 0 Å². The van der Waals surface area contributed by atoms with Crippen LogP contribution in [0.1, 0.15) is 24.8 Å². The summed E-state index contributed by atoms with van der Waals surface area (Å²) < 4.78 is 1.69. The first-order valence-electron chi connectivity index (χ1n) is 10.7. The van der Waals surface area contributed by atoms with Crippen LogP contribution in [-0.2, 0) is 23.2 Å². The van der Waals surface area contributed by atoms with Crippen molar-refractivity contribution in [2.24, 2.45) is 18.0 Å². The largest absolute Gasteiger partial charge is 0.352 e. The Kier molecular flexibility index (Phi) is 6.20. The molecule has 0 atom stereocenters. The molecule has 2 aliphatic rings. The van der Waals surface area contributed by atoms with Gasteiger partial charge in [-0.15, -0.1) is 0 Å². The smallest absolute Gasteiger partial charge is 0.246 e. The molecule has 31 heavy (non-hydrogen) atoms. The highest BCUT2D eigenvalue weighted by Crippen LogP contribution is 2.27. The second-order valence-electron chi connectivity index (χ2n) is 8.06. The lowest BCUT2D eigenvalue weighted by atomic mass is 9.85. The fourth-order valence-electron chi connectivity index (χ4n) is 3.86. The van der Waals surface area contributed by atoms with E-state index in [9.17, 15) is 9.59 Å².